The molecule has 2 aromatic rings. The number of methoxy groups -OCH3 is 2. The molecule has 5 heteroatoms. The van der Waals surface area contributed by atoms with Crippen molar-refractivity contribution in [1.29, 1.82) is 0 Å². The summed E-state index contributed by atoms with van der Waals surface area (Å²) in [5.41, 5.74) is 3.91. The minimum absolute atomic E-state index is 0.209. The summed E-state index contributed by atoms with van der Waals surface area (Å²) in [5, 5.41) is 0.788. The van der Waals surface area contributed by atoms with Gasteiger partial charge in [-0.3, -0.25) is 4.90 Å². The number of hydrogen-bond acceptors (Lipinski definition) is 4. The van der Waals surface area contributed by atoms with Crippen LogP contribution >= 0.6 is 23.4 Å². The van der Waals surface area contributed by atoms with E-state index in [9.17, 15) is 0 Å². The minimum atomic E-state index is 0.209. The summed E-state index contributed by atoms with van der Waals surface area (Å²) < 4.78 is 11.1. The van der Waals surface area contributed by atoms with E-state index in [-0.39, 0.29) is 6.04 Å². The zero-order valence-corrected chi connectivity index (χ0v) is 16.8. The fourth-order valence-corrected chi connectivity index (χ4v) is 5.62. The molecule has 2 aromatic carbocycles. The lowest BCUT2D eigenvalue weighted by atomic mass is 9.86. The van der Waals surface area contributed by atoms with Crippen LogP contribution in [0.3, 0.4) is 0 Å². The second-order valence-electron chi connectivity index (χ2n) is 6.87. The van der Waals surface area contributed by atoms with E-state index in [2.05, 4.69) is 40.9 Å². The van der Waals surface area contributed by atoms with Crippen LogP contribution in [0.4, 0.5) is 0 Å². The third-order valence-electron chi connectivity index (χ3n) is 5.45. The molecule has 4 rings (SSSR count). The van der Waals surface area contributed by atoms with Gasteiger partial charge < -0.3 is 9.47 Å². The summed E-state index contributed by atoms with van der Waals surface area (Å²) in [4.78, 5) is 2.67. The van der Waals surface area contributed by atoms with Crippen LogP contribution in [0.5, 0.6) is 11.5 Å². The molecule has 1 saturated heterocycles. The van der Waals surface area contributed by atoms with Gasteiger partial charge in [0.05, 0.1) is 20.3 Å². The van der Waals surface area contributed by atoms with E-state index in [0.717, 1.165) is 29.5 Å². The molecule has 2 aliphatic heterocycles. The maximum atomic E-state index is 6.34. The molecule has 2 heterocycles. The van der Waals surface area contributed by atoms with E-state index in [4.69, 9.17) is 21.1 Å². The van der Waals surface area contributed by atoms with Crippen LogP contribution in [0.2, 0.25) is 5.02 Å². The molecule has 1 fully saturated rings. The lowest BCUT2D eigenvalue weighted by Gasteiger charge is -2.41. The molecule has 3 nitrogen and oxygen atoms in total. The van der Waals surface area contributed by atoms with Gasteiger partial charge in [-0.05, 0) is 59.6 Å². The standard InChI is InChI=1S/C21H24ClNO2S/c1-24-19-11-14-6-8-23(17-7-9-26-13-17)21(18(14)12-20(19)25-2)15-4-3-5-16(22)10-15/h3-5,10-12,17,21H,6-9,13H2,1-2H3/t17-,21-/m1/s1. The van der Waals surface area contributed by atoms with Gasteiger partial charge in [0.2, 0.25) is 0 Å². The first kappa shape index (κ1) is 18.0. The molecule has 0 unspecified atom stereocenters. The van der Waals surface area contributed by atoms with Crippen molar-refractivity contribution in [1.82, 2.24) is 4.90 Å². The zero-order chi connectivity index (χ0) is 18.1. The Morgan fingerprint density at radius 3 is 2.62 bits per heavy atom. The van der Waals surface area contributed by atoms with E-state index in [0.29, 0.717) is 6.04 Å². The van der Waals surface area contributed by atoms with Crippen LogP contribution < -0.4 is 9.47 Å². The molecule has 2 atom stereocenters. The maximum Gasteiger partial charge on any atom is 0.161 e. The number of fused-ring (bicyclic) bond motifs is 1. The molecule has 0 amide bonds. The monoisotopic (exact) mass is 389 g/mol. The van der Waals surface area contributed by atoms with E-state index in [1.54, 1.807) is 14.2 Å². The summed E-state index contributed by atoms with van der Waals surface area (Å²) in [6, 6.07) is 13.4. The average molecular weight is 390 g/mol. The summed E-state index contributed by atoms with van der Waals surface area (Å²) in [5.74, 6) is 4.06. The SMILES string of the molecule is COc1cc2c(cc1OC)[C@@H](c1cccc(Cl)c1)N([C@@H]1CCSC1)CC2. The first-order valence-electron chi connectivity index (χ1n) is 9.05. The molecule has 138 valence electrons. The third-order valence-corrected chi connectivity index (χ3v) is 6.83. The highest BCUT2D eigenvalue weighted by atomic mass is 35.5. The van der Waals surface area contributed by atoms with Crippen LogP contribution in [-0.2, 0) is 6.42 Å². The quantitative estimate of drug-likeness (QED) is 0.747. The van der Waals surface area contributed by atoms with Crippen LogP contribution in [0.25, 0.3) is 0 Å². The summed E-state index contributed by atoms with van der Waals surface area (Å²) in [6.07, 6.45) is 2.29. The molecule has 0 saturated carbocycles. The average Bonchev–Trinajstić information content (AvgIpc) is 3.20. The van der Waals surface area contributed by atoms with Crippen molar-refractivity contribution in [2.45, 2.75) is 24.9 Å². The fraction of sp³-hybridized carbons (Fsp3) is 0.429. The van der Waals surface area contributed by atoms with E-state index in [1.807, 2.05) is 12.1 Å². The smallest absolute Gasteiger partial charge is 0.161 e. The molecule has 0 bridgehead atoms. The van der Waals surface area contributed by atoms with Crippen LogP contribution in [-0.4, -0.2) is 43.2 Å². The molecular formula is C21H24ClNO2S. The molecule has 0 aromatic heterocycles. The Kier molecular flexibility index (Phi) is 5.35. The van der Waals surface area contributed by atoms with Gasteiger partial charge in [-0.25, -0.2) is 0 Å². The largest absolute Gasteiger partial charge is 0.493 e. The van der Waals surface area contributed by atoms with E-state index in [1.165, 1.54) is 34.6 Å². The Bertz CT molecular complexity index is 792. The molecule has 0 N–H and O–H groups in total. The normalized spacial score (nSPS) is 22.9. The molecule has 0 radical (unpaired) electrons. The first-order chi connectivity index (χ1) is 12.7. The van der Waals surface area contributed by atoms with Crippen molar-refractivity contribution in [2.24, 2.45) is 0 Å². The molecule has 0 spiro atoms. The predicted molar refractivity (Wildman–Crippen MR) is 109 cm³/mol. The van der Waals surface area contributed by atoms with Crippen molar-refractivity contribution < 1.29 is 9.47 Å². The highest BCUT2D eigenvalue weighted by molar-refractivity contribution is 7.99. The van der Waals surface area contributed by atoms with Gasteiger partial charge >= 0.3 is 0 Å². The number of benzene rings is 2. The Balaban J connectivity index is 1.84. The minimum Gasteiger partial charge on any atom is -0.493 e. The van der Waals surface area contributed by atoms with E-state index < -0.39 is 0 Å². The number of halogens is 1. The van der Waals surface area contributed by atoms with Gasteiger partial charge in [0, 0.05) is 23.4 Å². The van der Waals surface area contributed by atoms with Crippen molar-refractivity contribution in [3.05, 3.63) is 58.1 Å². The second kappa shape index (κ2) is 7.71. The number of thioether (sulfide) groups is 1. The van der Waals surface area contributed by atoms with Gasteiger partial charge in [0.25, 0.3) is 0 Å². The molecular weight excluding hydrogens is 366 g/mol. The van der Waals surface area contributed by atoms with Gasteiger partial charge in [-0.1, -0.05) is 23.7 Å². The number of rotatable bonds is 4. The Morgan fingerprint density at radius 1 is 1.12 bits per heavy atom. The van der Waals surface area contributed by atoms with Gasteiger partial charge in [0.1, 0.15) is 0 Å². The molecule has 26 heavy (non-hydrogen) atoms. The van der Waals surface area contributed by atoms with E-state index >= 15 is 0 Å². The number of ether oxygens (including phenoxy) is 2. The highest BCUT2D eigenvalue weighted by Crippen LogP contribution is 2.43. The summed E-state index contributed by atoms with van der Waals surface area (Å²) in [6.45, 7) is 1.06. The fourth-order valence-electron chi connectivity index (χ4n) is 4.19. The highest BCUT2D eigenvalue weighted by Gasteiger charge is 2.35. The van der Waals surface area contributed by atoms with Crippen LogP contribution in [0, 0.1) is 0 Å². The van der Waals surface area contributed by atoms with Gasteiger partial charge in [-0.2, -0.15) is 11.8 Å². The Labute approximate surface area is 164 Å². The number of hydrogen-bond donors (Lipinski definition) is 0. The van der Waals surface area contributed by atoms with Gasteiger partial charge in [0.15, 0.2) is 11.5 Å². The Morgan fingerprint density at radius 2 is 1.92 bits per heavy atom. The van der Waals surface area contributed by atoms with Crippen molar-refractivity contribution in [2.75, 3.05) is 32.3 Å². The van der Waals surface area contributed by atoms with Crippen molar-refractivity contribution >= 4 is 23.4 Å². The maximum absolute atomic E-state index is 6.34. The lowest BCUT2D eigenvalue weighted by Crippen LogP contribution is -2.43. The van der Waals surface area contributed by atoms with Crippen molar-refractivity contribution in [3.8, 4) is 11.5 Å². The lowest BCUT2D eigenvalue weighted by molar-refractivity contribution is 0.159. The topological polar surface area (TPSA) is 21.7 Å². The van der Waals surface area contributed by atoms with Crippen LogP contribution in [0.1, 0.15) is 29.2 Å². The van der Waals surface area contributed by atoms with Gasteiger partial charge in [-0.15, -0.1) is 0 Å². The second-order valence-corrected chi connectivity index (χ2v) is 8.46. The summed E-state index contributed by atoms with van der Waals surface area (Å²) >= 11 is 8.40. The van der Waals surface area contributed by atoms with Crippen molar-refractivity contribution in [3.63, 3.8) is 0 Å². The zero-order valence-electron chi connectivity index (χ0n) is 15.2. The Hall–Kier alpha value is -1.36. The third kappa shape index (κ3) is 3.30. The number of nitrogens with zero attached hydrogens (tertiary/aromatic N) is 1. The van der Waals surface area contributed by atoms with Crippen LogP contribution in [0.15, 0.2) is 36.4 Å². The molecule has 0 aliphatic carbocycles. The summed E-state index contributed by atoms with van der Waals surface area (Å²) in [7, 11) is 3.40. The first-order valence-corrected chi connectivity index (χ1v) is 10.6. The predicted octanol–water partition coefficient (Wildman–Crippen LogP) is 4.81. The molecule has 2 aliphatic rings.